The van der Waals surface area contributed by atoms with Crippen molar-refractivity contribution >= 4 is 0 Å². The lowest BCUT2D eigenvalue weighted by Crippen LogP contribution is -2.38. The average Bonchev–Trinajstić information content (AvgIpc) is 2.64. The van der Waals surface area contributed by atoms with Crippen LogP contribution in [-0.2, 0) is 12.8 Å². The van der Waals surface area contributed by atoms with Crippen LogP contribution < -0.4 is 9.47 Å². The number of aromatic hydroxyl groups is 1. The summed E-state index contributed by atoms with van der Waals surface area (Å²) in [4.78, 5) is 2.61. The van der Waals surface area contributed by atoms with E-state index in [-0.39, 0.29) is 5.75 Å². The van der Waals surface area contributed by atoms with E-state index in [4.69, 9.17) is 9.47 Å². The van der Waals surface area contributed by atoms with Crippen LogP contribution in [0, 0.1) is 0 Å². The van der Waals surface area contributed by atoms with Crippen molar-refractivity contribution in [1.82, 2.24) is 4.90 Å². The molecule has 4 rings (SSSR count). The summed E-state index contributed by atoms with van der Waals surface area (Å²) in [6.07, 6.45) is 3.15. The maximum atomic E-state index is 10.3. The van der Waals surface area contributed by atoms with Crippen LogP contribution >= 0.6 is 0 Å². The van der Waals surface area contributed by atoms with Crippen LogP contribution in [0.3, 0.4) is 0 Å². The summed E-state index contributed by atoms with van der Waals surface area (Å²) in [7, 11) is 1.63. The third kappa shape index (κ3) is 2.64. The Morgan fingerprint density at radius 2 is 2.04 bits per heavy atom. The number of phenolic OH excluding ortho intramolecular Hbond substituents is 1. The van der Waals surface area contributed by atoms with Gasteiger partial charge in [0.25, 0.3) is 0 Å². The van der Waals surface area contributed by atoms with E-state index in [0.29, 0.717) is 18.4 Å². The molecule has 1 aliphatic carbocycles. The highest BCUT2D eigenvalue weighted by Crippen LogP contribution is 2.51. The molecule has 0 radical (unpaired) electrons. The van der Waals surface area contributed by atoms with Gasteiger partial charge in [-0.2, -0.15) is 0 Å². The normalized spacial score (nSPS) is 18.2. The molecular formula is C22H27NO3. The number of benzene rings is 2. The molecule has 1 N–H and O–H groups in total. The van der Waals surface area contributed by atoms with Gasteiger partial charge in [-0.3, -0.25) is 4.90 Å². The minimum Gasteiger partial charge on any atom is -0.504 e. The zero-order valence-electron chi connectivity index (χ0n) is 15.8. The Morgan fingerprint density at radius 1 is 1.19 bits per heavy atom. The fourth-order valence-corrected chi connectivity index (χ4v) is 4.62. The van der Waals surface area contributed by atoms with E-state index in [9.17, 15) is 5.11 Å². The maximum absolute atomic E-state index is 10.3. The number of hydrogen-bond donors (Lipinski definition) is 1. The van der Waals surface area contributed by atoms with Crippen molar-refractivity contribution in [1.29, 1.82) is 0 Å². The SMILES string of the molecule is CCCN1CCc2cc(OCC)cc3c2[C@H]1Cc1ccc(O)c(OC)c1-3. The smallest absolute Gasteiger partial charge is 0.168 e. The lowest BCUT2D eigenvalue weighted by Gasteiger charge is -2.42. The molecule has 0 aromatic heterocycles. The molecule has 0 fully saturated rings. The van der Waals surface area contributed by atoms with Gasteiger partial charge in [0.2, 0.25) is 0 Å². The summed E-state index contributed by atoms with van der Waals surface area (Å²) in [6.45, 7) is 7.10. The van der Waals surface area contributed by atoms with Crippen molar-refractivity contribution in [2.45, 2.75) is 39.2 Å². The molecule has 2 aromatic carbocycles. The number of fused-ring (bicyclic) bond motifs is 2. The first kappa shape index (κ1) is 17.2. The molecule has 1 aliphatic heterocycles. The number of rotatable bonds is 5. The first-order valence-corrected chi connectivity index (χ1v) is 9.60. The topological polar surface area (TPSA) is 41.9 Å². The number of nitrogens with zero attached hydrogens (tertiary/aromatic N) is 1. The molecule has 2 aliphatic rings. The van der Waals surface area contributed by atoms with Crippen LogP contribution in [0.1, 0.15) is 43.0 Å². The molecule has 4 heteroatoms. The number of phenols is 1. The van der Waals surface area contributed by atoms with Gasteiger partial charge in [0.1, 0.15) is 5.75 Å². The van der Waals surface area contributed by atoms with Crippen LogP contribution in [0.15, 0.2) is 24.3 Å². The third-order valence-corrected chi connectivity index (χ3v) is 5.61. The summed E-state index contributed by atoms with van der Waals surface area (Å²) in [6, 6.07) is 8.53. The van der Waals surface area contributed by atoms with E-state index >= 15 is 0 Å². The largest absolute Gasteiger partial charge is 0.504 e. The molecule has 0 saturated heterocycles. The maximum Gasteiger partial charge on any atom is 0.168 e. The standard InChI is InChI=1S/C22H27NO3/c1-4-9-23-10-8-15-11-16(26-5-2)13-17-20(15)18(23)12-14-6-7-19(24)22(25-3)21(14)17/h6-7,11,13,18,24H,4-5,8-10,12H2,1-3H3/t18-/m1/s1. The highest BCUT2D eigenvalue weighted by molar-refractivity contribution is 5.83. The first-order chi connectivity index (χ1) is 12.7. The predicted molar refractivity (Wildman–Crippen MR) is 103 cm³/mol. The van der Waals surface area contributed by atoms with E-state index in [1.165, 1.54) is 16.7 Å². The van der Waals surface area contributed by atoms with Gasteiger partial charge in [0.15, 0.2) is 11.5 Å². The van der Waals surface area contributed by atoms with Crippen molar-refractivity contribution in [2.75, 3.05) is 26.8 Å². The Labute approximate surface area is 155 Å². The summed E-state index contributed by atoms with van der Waals surface area (Å²) in [5, 5.41) is 10.3. The predicted octanol–water partition coefficient (Wildman–Crippen LogP) is 4.33. The second-order valence-corrected chi connectivity index (χ2v) is 7.13. The van der Waals surface area contributed by atoms with Gasteiger partial charge in [-0.1, -0.05) is 13.0 Å². The van der Waals surface area contributed by atoms with E-state index in [0.717, 1.165) is 49.2 Å². The Bertz CT molecular complexity index is 831. The summed E-state index contributed by atoms with van der Waals surface area (Å²) < 4.78 is 11.4. The summed E-state index contributed by atoms with van der Waals surface area (Å²) in [5.41, 5.74) is 6.19. The van der Waals surface area contributed by atoms with Gasteiger partial charge < -0.3 is 14.6 Å². The quantitative estimate of drug-likeness (QED) is 0.869. The molecular weight excluding hydrogens is 326 g/mol. The molecule has 0 bridgehead atoms. The lowest BCUT2D eigenvalue weighted by atomic mass is 9.76. The fraction of sp³-hybridized carbons (Fsp3) is 0.455. The van der Waals surface area contributed by atoms with E-state index in [1.807, 2.05) is 13.0 Å². The van der Waals surface area contributed by atoms with Crippen LogP contribution in [-0.4, -0.2) is 36.8 Å². The van der Waals surface area contributed by atoms with E-state index in [2.05, 4.69) is 24.0 Å². The first-order valence-electron chi connectivity index (χ1n) is 9.60. The highest BCUT2D eigenvalue weighted by atomic mass is 16.5. The molecule has 138 valence electrons. The molecule has 0 spiro atoms. The van der Waals surface area contributed by atoms with Gasteiger partial charge in [-0.25, -0.2) is 0 Å². The number of methoxy groups -OCH3 is 1. The highest BCUT2D eigenvalue weighted by Gasteiger charge is 2.36. The van der Waals surface area contributed by atoms with Gasteiger partial charge in [0, 0.05) is 18.2 Å². The van der Waals surface area contributed by atoms with Crippen molar-refractivity contribution in [3.05, 3.63) is 41.0 Å². The lowest BCUT2D eigenvalue weighted by molar-refractivity contribution is 0.182. The molecule has 4 nitrogen and oxygen atoms in total. The molecule has 1 heterocycles. The van der Waals surface area contributed by atoms with Crippen molar-refractivity contribution in [2.24, 2.45) is 0 Å². The molecule has 0 unspecified atom stereocenters. The summed E-state index contributed by atoms with van der Waals surface area (Å²) in [5.74, 6) is 1.67. The van der Waals surface area contributed by atoms with Gasteiger partial charge >= 0.3 is 0 Å². The molecule has 26 heavy (non-hydrogen) atoms. The van der Waals surface area contributed by atoms with Gasteiger partial charge in [-0.05, 0) is 73.2 Å². The van der Waals surface area contributed by atoms with Crippen molar-refractivity contribution < 1.29 is 14.6 Å². The minimum absolute atomic E-state index is 0.196. The van der Waals surface area contributed by atoms with Crippen LogP contribution in [0.25, 0.3) is 11.1 Å². The van der Waals surface area contributed by atoms with Crippen LogP contribution in [0.2, 0.25) is 0 Å². The number of ether oxygens (including phenoxy) is 2. The summed E-state index contributed by atoms with van der Waals surface area (Å²) >= 11 is 0. The minimum atomic E-state index is 0.196. The van der Waals surface area contributed by atoms with E-state index in [1.54, 1.807) is 13.2 Å². The second kappa shape index (κ2) is 6.84. The van der Waals surface area contributed by atoms with Crippen LogP contribution in [0.5, 0.6) is 17.2 Å². The Hall–Kier alpha value is -2.20. The molecule has 0 saturated carbocycles. The molecule has 2 aromatic rings. The Kier molecular flexibility index (Phi) is 4.53. The number of hydrogen-bond acceptors (Lipinski definition) is 4. The molecule has 1 atom stereocenters. The van der Waals surface area contributed by atoms with Crippen molar-refractivity contribution in [3.63, 3.8) is 0 Å². The van der Waals surface area contributed by atoms with Crippen molar-refractivity contribution in [3.8, 4) is 28.4 Å². The van der Waals surface area contributed by atoms with E-state index < -0.39 is 0 Å². The average molecular weight is 353 g/mol. The third-order valence-electron chi connectivity index (χ3n) is 5.61. The second-order valence-electron chi connectivity index (χ2n) is 7.13. The monoisotopic (exact) mass is 353 g/mol. The Morgan fingerprint density at radius 3 is 2.77 bits per heavy atom. The zero-order chi connectivity index (χ0) is 18.3. The Balaban J connectivity index is 1.96. The van der Waals surface area contributed by atoms with Gasteiger partial charge in [-0.15, -0.1) is 0 Å². The fourth-order valence-electron chi connectivity index (χ4n) is 4.62. The van der Waals surface area contributed by atoms with Crippen LogP contribution in [0.4, 0.5) is 0 Å². The zero-order valence-corrected chi connectivity index (χ0v) is 15.8. The molecule has 0 amide bonds. The van der Waals surface area contributed by atoms with Gasteiger partial charge in [0.05, 0.1) is 13.7 Å².